The Morgan fingerprint density at radius 3 is 2.63 bits per heavy atom. The zero-order chi connectivity index (χ0) is 21.1. The molecule has 0 radical (unpaired) electrons. The van der Waals surface area contributed by atoms with Crippen LogP contribution >= 0.6 is 24.0 Å². The molecule has 0 atom stereocenters. The van der Waals surface area contributed by atoms with Crippen molar-refractivity contribution in [2.45, 2.75) is 47.1 Å². The standard InChI is InChI=1S/C22H34N4O3.HI/c1-6-23-22(24-11-7-8-20-17(3)26-29-18(20)4)25-15-19-10-9-16(2)14-21(19)28-13-12-27-5;/h9-10,14H,6-8,11-13,15H2,1-5H3,(H2,23,24,25);1H. The van der Waals surface area contributed by atoms with Crippen LogP contribution in [0.25, 0.3) is 0 Å². The number of benzene rings is 1. The average molecular weight is 530 g/mol. The molecule has 0 amide bonds. The van der Waals surface area contributed by atoms with E-state index in [1.807, 2.05) is 19.9 Å². The summed E-state index contributed by atoms with van der Waals surface area (Å²) in [6.45, 7) is 11.3. The highest BCUT2D eigenvalue weighted by Crippen LogP contribution is 2.21. The van der Waals surface area contributed by atoms with Crippen LogP contribution in [0.3, 0.4) is 0 Å². The zero-order valence-corrected chi connectivity index (χ0v) is 21.0. The fraction of sp³-hybridized carbons (Fsp3) is 0.545. The number of aryl methyl sites for hydroxylation is 3. The first-order valence-electron chi connectivity index (χ1n) is 10.2. The first-order chi connectivity index (χ1) is 14.0. The Bertz CT molecular complexity index is 773. The molecule has 30 heavy (non-hydrogen) atoms. The van der Waals surface area contributed by atoms with Crippen LogP contribution in [0.5, 0.6) is 5.75 Å². The largest absolute Gasteiger partial charge is 0.491 e. The van der Waals surface area contributed by atoms with Gasteiger partial charge in [0, 0.05) is 31.3 Å². The molecule has 1 aromatic carbocycles. The quantitative estimate of drug-likeness (QED) is 0.198. The summed E-state index contributed by atoms with van der Waals surface area (Å²) in [5, 5.41) is 10.7. The van der Waals surface area contributed by atoms with E-state index >= 15 is 0 Å². The molecule has 1 heterocycles. The molecule has 0 fully saturated rings. The van der Waals surface area contributed by atoms with Crippen molar-refractivity contribution in [2.24, 2.45) is 4.99 Å². The minimum atomic E-state index is 0. The van der Waals surface area contributed by atoms with Gasteiger partial charge in [-0.3, -0.25) is 0 Å². The Morgan fingerprint density at radius 1 is 1.17 bits per heavy atom. The Kier molecular flexibility index (Phi) is 12.4. The van der Waals surface area contributed by atoms with Crippen LogP contribution in [0, 0.1) is 20.8 Å². The van der Waals surface area contributed by atoms with Gasteiger partial charge in [-0.05, 0) is 52.2 Å². The summed E-state index contributed by atoms with van der Waals surface area (Å²) in [5.74, 6) is 2.57. The maximum atomic E-state index is 5.86. The lowest BCUT2D eigenvalue weighted by Gasteiger charge is -2.13. The molecule has 0 spiro atoms. The molecule has 168 valence electrons. The zero-order valence-electron chi connectivity index (χ0n) is 18.7. The van der Waals surface area contributed by atoms with Crippen LogP contribution in [0.15, 0.2) is 27.7 Å². The van der Waals surface area contributed by atoms with E-state index in [-0.39, 0.29) is 24.0 Å². The minimum Gasteiger partial charge on any atom is -0.491 e. The molecule has 8 heteroatoms. The number of guanidine groups is 1. The average Bonchev–Trinajstić information content (AvgIpc) is 3.02. The first kappa shape index (κ1) is 26.2. The van der Waals surface area contributed by atoms with Crippen molar-refractivity contribution in [1.82, 2.24) is 15.8 Å². The number of aliphatic imine (C=N–C) groups is 1. The van der Waals surface area contributed by atoms with E-state index in [0.717, 1.165) is 60.2 Å². The van der Waals surface area contributed by atoms with Gasteiger partial charge in [-0.2, -0.15) is 0 Å². The molecular weight excluding hydrogens is 495 g/mol. The normalized spacial score (nSPS) is 11.2. The highest BCUT2D eigenvalue weighted by molar-refractivity contribution is 14.0. The van der Waals surface area contributed by atoms with Crippen LogP contribution in [0.2, 0.25) is 0 Å². The smallest absolute Gasteiger partial charge is 0.191 e. The van der Waals surface area contributed by atoms with E-state index in [1.54, 1.807) is 7.11 Å². The Hall–Kier alpha value is -1.81. The highest BCUT2D eigenvalue weighted by Gasteiger charge is 2.09. The minimum absolute atomic E-state index is 0. The number of methoxy groups -OCH3 is 1. The second kappa shape index (κ2) is 14.2. The first-order valence-corrected chi connectivity index (χ1v) is 10.2. The van der Waals surface area contributed by atoms with Gasteiger partial charge in [-0.1, -0.05) is 17.3 Å². The number of nitrogens with one attached hydrogen (secondary N) is 2. The van der Waals surface area contributed by atoms with Crippen molar-refractivity contribution < 1.29 is 14.0 Å². The molecule has 0 aliphatic carbocycles. The number of hydrogen-bond donors (Lipinski definition) is 2. The van der Waals surface area contributed by atoms with Crippen molar-refractivity contribution in [3.8, 4) is 5.75 Å². The van der Waals surface area contributed by atoms with E-state index in [9.17, 15) is 0 Å². The Morgan fingerprint density at radius 2 is 1.97 bits per heavy atom. The lowest BCUT2D eigenvalue weighted by Crippen LogP contribution is -2.37. The van der Waals surface area contributed by atoms with Gasteiger partial charge in [0.05, 0.1) is 18.8 Å². The molecule has 1 aromatic heterocycles. The summed E-state index contributed by atoms with van der Waals surface area (Å²) in [7, 11) is 1.67. The topological polar surface area (TPSA) is 80.9 Å². The molecule has 2 N–H and O–H groups in total. The van der Waals surface area contributed by atoms with Gasteiger partial charge in [0.15, 0.2) is 5.96 Å². The summed E-state index contributed by atoms with van der Waals surface area (Å²) >= 11 is 0. The Labute approximate surface area is 197 Å². The van der Waals surface area contributed by atoms with Gasteiger partial charge in [0.25, 0.3) is 0 Å². The third kappa shape index (κ3) is 8.51. The maximum absolute atomic E-state index is 5.86. The fourth-order valence-corrected chi connectivity index (χ4v) is 3.00. The summed E-state index contributed by atoms with van der Waals surface area (Å²) in [6.07, 6.45) is 1.91. The molecule has 0 unspecified atom stereocenters. The second-order valence-corrected chi connectivity index (χ2v) is 6.98. The number of hydrogen-bond acceptors (Lipinski definition) is 5. The van der Waals surface area contributed by atoms with Crippen LogP contribution in [-0.2, 0) is 17.7 Å². The van der Waals surface area contributed by atoms with Crippen molar-refractivity contribution >= 4 is 29.9 Å². The van der Waals surface area contributed by atoms with Gasteiger partial charge < -0.3 is 24.6 Å². The Balaban J connectivity index is 0.00000450. The van der Waals surface area contributed by atoms with Crippen molar-refractivity contribution in [2.75, 3.05) is 33.4 Å². The van der Waals surface area contributed by atoms with Crippen LogP contribution < -0.4 is 15.4 Å². The van der Waals surface area contributed by atoms with Crippen molar-refractivity contribution in [3.63, 3.8) is 0 Å². The second-order valence-electron chi connectivity index (χ2n) is 6.98. The fourth-order valence-electron chi connectivity index (χ4n) is 3.00. The van der Waals surface area contributed by atoms with E-state index in [2.05, 4.69) is 41.8 Å². The van der Waals surface area contributed by atoms with E-state index in [1.165, 1.54) is 5.56 Å². The predicted molar refractivity (Wildman–Crippen MR) is 131 cm³/mol. The van der Waals surface area contributed by atoms with Gasteiger partial charge >= 0.3 is 0 Å². The lowest BCUT2D eigenvalue weighted by atomic mass is 10.1. The molecule has 7 nitrogen and oxygen atoms in total. The van der Waals surface area contributed by atoms with E-state index < -0.39 is 0 Å². The number of halogens is 1. The molecule has 0 aliphatic heterocycles. The number of rotatable bonds is 11. The molecule has 0 saturated carbocycles. The van der Waals surface area contributed by atoms with E-state index in [0.29, 0.717) is 19.8 Å². The molecule has 0 saturated heterocycles. The number of aromatic nitrogens is 1. The summed E-state index contributed by atoms with van der Waals surface area (Å²) in [4.78, 5) is 4.72. The predicted octanol–water partition coefficient (Wildman–Crippen LogP) is 3.93. The molecule has 2 aromatic rings. The van der Waals surface area contributed by atoms with Gasteiger partial charge in [-0.15, -0.1) is 24.0 Å². The third-order valence-electron chi connectivity index (χ3n) is 4.60. The summed E-state index contributed by atoms with van der Waals surface area (Å²) < 4.78 is 16.2. The third-order valence-corrected chi connectivity index (χ3v) is 4.60. The molecule has 2 rings (SSSR count). The number of ether oxygens (including phenoxy) is 2. The lowest BCUT2D eigenvalue weighted by molar-refractivity contribution is 0.145. The molecule has 0 aliphatic rings. The van der Waals surface area contributed by atoms with Crippen LogP contribution in [-0.4, -0.2) is 44.5 Å². The van der Waals surface area contributed by atoms with Gasteiger partial charge in [0.1, 0.15) is 18.1 Å². The SMILES string of the molecule is CCNC(=NCc1ccc(C)cc1OCCOC)NCCCc1c(C)noc1C.I. The molecular formula is C22H35IN4O3. The van der Waals surface area contributed by atoms with Gasteiger partial charge in [-0.25, -0.2) is 4.99 Å². The number of nitrogens with zero attached hydrogens (tertiary/aromatic N) is 2. The molecule has 0 bridgehead atoms. The summed E-state index contributed by atoms with van der Waals surface area (Å²) in [5.41, 5.74) is 4.39. The maximum Gasteiger partial charge on any atom is 0.191 e. The monoisotopic (exact) mass is 530 g/mol. The van der Waals surface area contributed by atoms with Gasteiger partial charge in [0.2, 0.25) is 0 Å². The van der Waals surface area contributed by atoms with Crippen LogP contribution in [0.4, 0.5) is 0 Å². The summed E-state index contributed by atoms with van der Waals surface area (Å²) in [6, 6.07) is 6.20. The van der Waals surface area contributed by atoms with Crippen molar-refractivity contribution in [3.05, 3.63) is 46.3 Å². The van der Waals surface area contributed by atoms with E-state index in [4.69, 9.17) is 19.0 Å². The highest BCUT2D eigenvalue weighted by atomic mass is 127. The van der Waals surface area contributed by atoms with Crippen LogP contribution in [0.1, 0.15) is 41.5 Å². The van der Waals surface area contributed by atoms with Crippen molar-refractivity contribution in [1.29, 1.82) is 0 Å².